The number of halogens is 1. The summed E-state index contributed by atoms with van der Waals surface area (Å²) >= 11 is 3.78. The minimum absolute atomic E-state index is 0.587. The predicted octanol–water partition coefficient (Wildman–Crippen LogP) is 4.34. The Balaban J connectivity index is 1.75. The van der Waals surface area contributed by atoms with Crippen LogP contribution in [0.2, 0.25) is 0 Å². The summed E-state index contributed by atoms with van der Waals surface area (Å²) in [7, 11) is 0. The van der Waals surface area contributed by atoms with Crippen LogP contribution >= 0.6 is 15.9 Å². The molecule has 1 nitrogen and oxygen atoms in total. The highest BCUT2D eigenvalue weighted by Gasteiger charge is 2.24. The molecule has 0 spiro atoms. The number of hydrogen-bond donors (Lipinski definition) is 0. The van der Waals surface area contributed by atoms with E-state index in [4.69, 9.17) is 4.98 Å². The highest BCUT2D eigenvalue weighted by atomic mass is 79.9. The number of fused-ring (bicyclic) bond motifs is 1. The molecule has 2 heteroatoms. The van der Waals surface area contributed by atoms with Gasteiger partial charge < -0.3 is 0 Å². The fraction of sp³-hybridized carbons (Fsp3) is 0.400. The van der Waals surface area contributed by atoms with Gasteiger partial charge in [-0.05, 0) is 24.5 Å². The molecule has 1 aliphatic carbocycles. The normalized spacial score (nSPS) is 17.2. The topological polar surface area (TPSA) is 12.9 Å². The second-order valence-corrected chi connectivity index (χ2v) is 6.27. The summed E-state index contributed by atoms with van der Waals surface area (Å²) in [5.74, 6) is 0.972. The van der Waals surface area contributed by atoms with E-state index in [2.05, 4.69) is 52.3 Å². The van der Waals surface area contributed by atoms with Crippen molar-refractivity contribution in [3.8, 4) is 0 Å². The van der Waals surface area contributed by atoms with E-state index in [1.807, 2.05) is 0 Å². The first kappa shape index (κ1) is 11.2. The zero-order chi connectivity index (χ0) is 11.7. The van der Waals surface area contributed by atoms with Crippen LogP contribution in [0.15, 0.2) is 36.4 Å². The monoisotopic (exact) mass is 289 g/mol. The predicted molar refractivity (Wildman–Crippen MR) is 75.5 cm³/mol. The summed E-state index contributed by atoms with van der Waals surface area (Å²) in [6.07, 6.45) is 5.19. The van der Waals surface area contributed by atoms with Crippen LogP contribution in [0.25, 0.3) is 10.9 Å². The smallest absolute Gasteiger partial charge is 0.0705 e. The largest absolute Gasteiger partial charge is 0.253 e. The molecule has 1 saturated carbocycles. The number of nitrogens with zero attached hydrogens (tertiary/aromatic N) is 1. The van der Waals surface area contributed by atoms with Crippen molar-refractivity contribution in [1.29, 1.82) is 0 Å². The van der Waals surface area contributed by atoms with E-state index >= 15 is 0 Å². The van der Waals surface area contributed by atoms with Crippen molar-refractivity contribution in [3.05, 3.63) is 42.1 Å². The van der Waals surface area contributed by atoms with Crippen LogP contribution < -0.4 is 0 Å². The lowest BCUT2D eigenvalue weighted by Gasteiger charge is -2.08. The van der Waals surface area contributed by atoms with E-state index in [0.29, 0.717) is 4.83 Å². The number of rotatable bonds is 4. The lowest BCUT2D eigenvalue weighted by atomic mass is 10.1. The van der Waals surface area contributed by atoms with Crippen LogP contribution in [-0.4, -0.2) is 9.81 Å². The maximum atomic E-state index is 4.71. The van der Waals surface area contributed by atoms with Crippen LogP contribution in [0.5, 0.6) is 0 Å². The number of aromatic nitrogens is 1. The molecule has 0 amide bonds. The van der Waals surface area contributed by atoms with Crippen LogP contribution in [0.1, 0.15) is 25.0 Å². The average molecular weight is 290 g/mol. The first-order valence-corrected chi connectivity index (χ1v) is 7.21. The summed E-state index contributed by atoms with van der Waals surface area (Å²) < 4.78 is 0. The Labute approximate surface area is 110 Å². The van der Waals surface area contributed by atoms with Gasteiger partial charge in [0.2, 0.25) is 0 Å². The molecule has 3 rings (SSSR count). The van der Waals surface area contributed by atoms with Gasteiger partial charge in [0, 0.05) is 22.3 Å². The van der Waals surface area contributed by atoms with Crippen LogP contribution in [-0.2, 0) is 6.42 Å². The summed E-state index contributed by atoms with van der Waals surface area (Å²) in [4.78, 5) is 5.30. The lowest BCUT2D eigenvalue weighted by molar-refractivity contribution is 0.684. The molecule has 0 bridgehead atoms. The summed E-state index contributed by atoms with van der Waals surface area (Å²) in [5, 5.41) is 1.23. The molecular formula is C15H16BrN. The molecule has 1 aliphatic rings. The molecule has 88 valence electrons. The molecular weight excluding hydrogens is 274 g/mol. The third-order valence-corrected chi connectivity index (χ3v) is 4.07. The third-order valence-electron chi connectivity index (χ3n) is 3.37. The maximum absolute atomic E-state index is 4.71. The second-order valence-electron chi connectivity index (χ2n) is 4.98. The van der Waals surface area contributed by atoms with E-state index in [1.54, 1.807) is 0 Å². The van der Waals surface area contributed by atoms with E-state index in [0.717, 1.165) is 17.9 Å². The second kappa shape index (κ2) is 4.77. The van der Waals surface area contributed by atoms with Gasteiger partial charge in [0.15, 0.2) is 0 Å². The minimum atomic E-state index is 0.587. The molecule has 1 unspecified atom stereocenters. The van der Waals surface area contributed by atoms with Gasteiger partial charge in [0.25, 0.3) is 0 Å². The Morgan fingerprint density at radius 3 is 2.82 bits per heavy atom. The van der Waals surface area contributed by atoms with Crippen LogP contribution in [0.3, 0.4) is 0 Å². The Hall–Kier alpha value is -0.890. The zero-order valence-corrected chi connectivity index (χ0v) is 11.4. The van der Waals surface area contributed by atoms with Gasteiger partial charge in [-0.25, -0.2) is 0 Å². The SMILES string of the molecule is BrC(Cc1ccc2ccccc2n1)CC1CC1. The zero-order valence-electron chi connectivity index (χ0n) is 9.77. The van der Waals surface area contributed by atoms with E-state index in [-0.39, 0.29) is 0 Å². The van der Waals surface area contributed by atoms with Crippen molar-refractivity contribution >= 4 is 26.8 Å². The number of alkyl halides is 1. The standard InChI is InChI=1S/C15H16BrN/c16-13(9-11-5-6-11)10-14-8-7-12-3-1-2-4-15(12)17-14/h1-4,7-8,11,13H,5-6,9-10H2. The average Bonchev–Trinajstić information content (AvgIpc) is 3.12. The number of pyridine rings is 1. The van der Waals surface area contributed by atoms with Gasteiger partial charge in [-0.15, -0.1) is 0 Å². The molecule has 0 N–H and O–H groups in total. The van der Waals surface area contributed by atoms with Crippen LogP contribution in [0, 0.1) is 5.92 Å². The molecule has 1 aromatic heterocycles. The Morgan fingerprint density at radius 2 is 2.00 bits per heavy atom. The van der Waals surface area contributed by atoms with Crippen molar-refractivity contribution in [1.82, 2.24) is 4.98 Å². The van der Waals surface area contributed by atoms with E-state index in [1.165, 1.54) is 30.3 Å². The maximum Gasteiger partial charge on any atom is 0.0705 e. The molecule has 17 heavy (non-hydrogen) atoms. The van der Waals surface area contributed by atoms with E-state index in [9.17, 15) is 0 Å². The summed E-state index contributed by atoms with van der Waals surface area (Å²) in [6, 6.07) is 12.6. The quantitative estimate of drug-likeness (QED) is 0.763. The van der Waals surface area contributed by atoms with E-state index < -0.39 is 0 Å². The van der Waals surface area contributed by atoms with Crippen molar-refractivity contribution in [2.45, 2.75) is 30.5 Å². The van der Waals surface area contributed by atoms with Crippen molar-refractivity contribution in [3.63, 3.8) is 0 Å². The lowest BCUT2D eigenvalue weighted by Crippen LogP contribution is -2.05. The van der Waals surface area contributed by atoms with Gasteiger partial charge >= 0.3 is 0 Å². The molecule has 0 radical (unpaired) electrons. The van der Waals surface area contributed by atoms with Crippen molar-refractivity contribution in [2.24, 2.45) is 5.92 Å². The number of benzene rings is 1. The Kier molecular flexibility index (Phi) is 3.15. The van der Waals surface area contributed by atoms with Crippen molar-refractivity contribution < 1.29 is 0 Å². The Bertz CT molecular complexity index is 519. The van der Waals surface area contributed by atoms with Crippen molar-refractivity contribution in [2.75, 3.05) is 0 Å². The minimum Gasteiger partial charge on any atom is -0.253 e. The highest BCUT2D eigenvalue weighted by Crippen LogP contribution is 2.36. The van der Waals surface area contributed by atoms with Gasteiger partial charge in [0.1, 0.15) is 0 Å². The first-order valence-electron chi connectivity index (χ1n) is 6.30. The molecule has 1 aromatic carbocycles. The summed E-state index contributed by atoms with van der Waals surface area (Å²) in [6.45, 7) is 0. The molecule has 2 aromatic rings. The fourth-order valence-electron chi connectivity index (χ4n) is 2.25. The summed E-state index contributed by atoms with van der Waals surface area (Å²) in [5.41, 5.74) is 2.31. The molecule has 1 atom stereocenters. The number of hydrogen-bond acceptors (Lipinski definition) is 1. The highest BCUT2D eigenvalue weighted by molar-refractivity contribution is 9.09. The molecule has 0 saturated heterocycles. The van der Waals surface area contributed by atoms with Gasteiger partial charge in [-0.1, -0.05) is 53.0 Å². The van der Waals surface area contributed by atoms with Crippen LogP contribution in [0.4, 0.5) is 0 Å². The van der Waals surface area contributed by atoms with Gasteiger partial charge in [-0.2, -0.15) is 0 Å². The molecule has 0 aliphatic heterocycles. The molecule has 1 fully saturated rings. The Morgan fingerprint density at radius 1 is 1.18 bits per heavy atom. The van der Waals surface area contributed by atoms with Gasteiger partial charge in [0.05, 0.1) is 5.52 Å². The van der Waals surface area contributed by atoms with Gasteiger partial charge in [-0.3, -0.25) is 4.98 Å². The fourth-order valence-corrected chi connectivity index (χ4v) is 3.11. The first-order chi connectivity index (χ1) is 8.31. The third kappa shape index (κ3) is 2.86. The molecule has 1 heterocycles. The number of para-hydroxylation sites is 1.